The van der Waals surface area contributed by atoms with E-state index >= 15 is 0 Å². The minimum absolute atomic E-state index is 0.0319. The van der Waals surface area contributed by atoms with Crippen LogP contribution in [0.2, 0.25) is 0 Å². The predicted octanol–water partition coefficient (Wildman–Crippen LogP) is 3.11. The highest BCUT2D eigenvalue weighted by molar-refractivity contribution is 5.96. The summed E-state index contributed by atoms with van der Waals surface area (Å²) in [4.78, 5) is 37.4. The molecule has 2 aromatic carbocycles. The zero-order chi connectivity index (χ0) is 20.3. The summed E-state index contributed by atoms with van der Waals surface area (Å²) in [5, 5.41) is 14.6. The van der Waals surface area contributed by atoms with Crippen LogP contribution in [0, 0.1) is 0 Å². The van der Waals surface area contributed by atoms with Crippen molar-refractivity contribution in [1.29, 1.82) is 0 Å². The fraction of sp³-hybridized carbons (Fsp3) is 0.286. The molecule has 1 aliphatic rings. The molecule has 3 N–H and O–H groups in total. The normalized spacial score (nSPS) is 13.0. The summed E-state index contributed by atoms with van der Waals surface area (Å²) < 4.78 is 0. The second kappa shape index (κ2) is 8.12. The first-order chi connectivity index (χ1) is 13.3. The van der Waals surface area contributed by atoms with Gasteiger partial charge in [-0.15, -0.1) is 0 Å². The summed E-state index contributed by atoms with van der Waals surface area (Å²) in [7, 11) is 0. The third kappa shape index (κ3) is 4.49. The molecule has 7 heteroatoms. The van der Waals surface area contributed by atoms with Crippen LogP contribution >= 0.6 is 0 Å². The Morgan fingerprint density at radius 2 is 1.68 bits per heavy atom. The smallest absolute Gasteiger partial charge is 0.335 e. The number of rotatable bonds is 4. The van der Waals surface area contributed by atoms with Gasteiger partial charge in [-0.2, -0.15) is 0 Å². The maximum atomic E-state index is 12.8. The molecule has 3 amide bonds. The van der Waals surface area contributed by atoms with Crippen LogP contribution in [0.1, 0.15) is 45.7 Å². The fourth-order valence-electron chi connectivity index (χ4n) is 3.17. The van der Waals surface area contributed by atoms with Crippen LogP contribution in [-0.2, 0) is 13.0 Å². The molecule has 7 nitrogen and oxygen atoms in total. The molecule has 2 aromatic rings. The Morgan fingerprint density at radius 1 is 1.00 bits per heavy atom. The van der Waals surface area contributed by atoms with E-state index in [-0.39, 0.29) is 23.5 Å². The average molecular weight is 381 g/mol. The zero-order valence-corrected chi connectivity index (χ0v) is 15.9. The number of fused-ring (bicyclic) bond motifs is 1. The second-order valence-electron chi connectivity index (χ2n) is 7.10. The quantitative estimate of drug-likeness (QED) is 0.758. The molecule has 0 spiro atoms. The van der Waals surface area contributed by atoms with Crippen LogP contribution in [0.25, 0.3) is 0 Å². The summed E-state index contributed by atoms with van der Waals surface area (Å²) in [6.45, 7) is 4.70. The lowest BCUT2D eigenvalue weighted by Crippen LogP contribution is -2.36. The van der Waals surface area contributed by atoms with E-state index in [4.69, 9.17) is 5.11 Å². The molecule has 1 heterocycles. The van der Waals surface area contributed by atoms with Crippen LogP contribution in [0.15, 0.2) is 42.5 Å². The predicted molar refractivity (Wildman–Crippen MR) is 106 cm³/mol. The number of benzene rings is 2. The summed E-state index contributed by atoms with van der Waals surface area (Å²) in [5.41, 5.74) is 3.29. The summed E-state index contributed by atoms with van der Waals surface area (Å²) in [6.07, 6.45) is 0.690. The van der Waals surface area contributed by atoms with Crippen molar-refractivity contribution in [1.82, 2.24) is 10.2 Å². The number of nitrogens with zero attached hydrogens (tertiary/aromatic N) is 1. The molecule has 0 bridgehead atoms. The monoisotopic (exact) mass is 381 g/mol. The minimum Gasteiger partial charge on any atom is -0.478 e. The van der Waals surface area contributed by atoms with Gasteiger partial charge in [0.2, 0.25) is 0 Å². The van der Waals surface area contributed by atoms with Crippen LogP contribution in [0.4, 0.5) is 10.5 Å². The molecular weight excluding hydrogens is 358 g/mol. The number of nitrogens with one attached hydrogen (secondary N) is 2. The first-order valence-electron chi connectivity index (χ1n) is 9.15. The number of hydrogen-bond acceptors (Lipinski definition) is 3. The zero-order valence-electron chi connectivity index (χ0n) is 15.9. The number of carboxylic acid groups (broad SMARTS) is 1. The summed E-state index contributed by atoms with van der Waals surface area (Å²) in [6, 6.07) is 11.5. The van der Waals surface area contributed by atoms with Gasteiger partial charge in [0.05, 0.1) is 5.56 Å². The van der Waals surface area contributed by atoms with Gasteiger partial charge in [-0.25, -0.2) is 9.59 Å². The molecule has 3 rings (SSSR count). The highest BCUT2D eigenvalue weighted by Crippen LogP contribution is 2.22. The standard InChI is InChI=1S/C21H23N3O4/c1-13(2)22-21(28)23-18-7-5-15(6-8-18)19(25)24-10-9-14-3-4-16(20(26)27)11-17(14)12-24/h3-8,11,13H,9-10,12H2,1-2H3,(H,26,27)(H2,22,23,28). The van der Waals surface area contributed by atoms with E-state index in [9.17, 15) is 14.4 Å². The van der Waals surface area contributed by atoms with Gasteiger partial charge >= 0.3 is 12.0 Å². The number of hydrogen-bond donors (Lipinski definition) is 3. The maximum Gasteiger partial charge on any atom is 0.335 e. The highest BCUT2D eigenvalue weighted by atomic mass is 16.4. The van der Waals surface area contributed by atoms with Crippen molar-refractivity contribution in [2.24, 2.45) is 0 Å². The maximum absolute atomic E-state index is 12.8. The Labute approximate surface area is 163 Å². The van der Waals surface area contributed by atoms with E-state index in [1.165, 1.54) is 0 Å². The molecule has 0 saturated carbocycles. The second-order valence-corrected chi connectivity index (χ2v) is 7.10. The van der Waals surface area contributed by atoms with Crippen LogP contribution in [0.3, 0.4) is 0 Å². The molecule has 0 atom stereocenters. The first-order valence-corrected chi connectivity index (χ1v) is 9.15. The third-order valence-corrected chi connectivity index (χ3v) is 4.56. The Morgan fingerprint density at radius 3 is 2.32 bits per heavy atom. The summed E-state index contributed by atoms with van der Waals surface area (Å²) >= 11 is 0. The average Bonchev–Trinajstić information content (AvgIpc) is 2.66. The Balaban J connectivity index is 1.68. The van der Waals surface area contributed by atoms with Crippen molar-refractivity contribution in [3.63, 3.8) is 0 Å². The molecule has 0 aliphatic carbocycles. The Bertz CT molecular complexity index is 906. The molecule has 1 aliphatic heterocycles. The van der Waals surface area contributed by atoms with Gasteiger partial charge in [-0.1, -0.05) is 6.07 Å². The van der Waals surface area contributed by atoms with E-state index < -0.39 is 5.97 Å². The lowest BCUT2D eigenvalue weighted by molar-refractivity contribution is 0.0696. The Hall–Kier alpha value is -3.35. The molecule has 0 radical (unpaired) electrons. The largest absolute Gasteiger partial charge is 0.478 e. The number of urea groups is 1. The van der Waals surface area contributed by atoms with Crippen LogP contribution in [0.5, 0.6) is 0 Å². The first kappa shape index (κ1) is 19.4. The number of amides is 3. The Kier molecular flexibility index (Phi) is 5.63. The van der Waals surface area contributed by atoms with Gasteiger partial charge in [0.1, 0.15) is 0 Å². The van der Waals surface area contributed by atoms with E-state index in [0.29, 0.717) is 30.8 Å². The van der Waals surface area contributed by atoms with E-state index in [1.54, 1.807) is 41.3 Å². The molecule has 0 unspecified atom stereocenters. The SMILES string of the molecule is CC(C)NC(=O)Nc1ccc(C(=O)N2CCc3ccc(C(=O)O)cc3C2)cc1. The fourth-order valence-corrected chi connectivity index (χ4v) is 3.17. The molecule has 0 fully saturated rings. The van der Waals surface area contributed by atoms with E-state index in [1.807, 2.05) is 19.9 Å². The van der Waals surface area contributed by atoms with Gasteiger partial charge in [-0.3, -0.25) is 4.79 Å². The van der Waals surface area contributed by atoms with Gasteiger partial charge in [-0.05, 0) is 67.8 Å². The van der Waals surface area contributed by atoms with Crippen molar-refractivity contribution >= 4 is 23.6 Å². The number of anilines is 1. The summed E-state index contributed by atoms with van der Waals surface area (Å²) in [5.74, 6) is -1.10. The number of aromatic carboxylic acids is 1. The van der Waals surface area contributed by atoms with Crippen molar-refractivity contribution in [3.05, 3.63) is 64.7 Å². The third-order valence-electron chi connectivity index (χ3n) is 4.56. The van der Waals surface area contributed by atoms with Gasteiger partial charge in [0.25, 0.3) is 5.91 Å². The van der Waals surface area contributed by atoms with Crippen molar-refractivity contribution in [2.75, 3.05) is 11.9 Å². The number of carbonyl (C=O) groups excluding carboxylic acids is 2. The van der Waals surface area contributed by atoms with Gasteiger partial charge in [0.15, 0.2) is 0 Å². The lowest BCUT2D eigenvalue weighted by Gasteiger charge is -2.29. The van der Waals surface area contributed by atoms with Gasteiger partial charge in [0, 0.05) is 30.4 Å². The van der Waals surface area contributed by atoms with Crippen LogP contribution in [-0.4, -0.2) is 40.5 Å². The van der Waals surface area contributed by atoms with Crippen LogP contribution < -0.4 is 10.6 Å². The topological polar surface area (TPSA) is 98.7 Å². The minimum atomic E-state index is -0.976. The van der Waals surface area contributed by atoms with E-state index in [0.717, 1.165) is 11.1 Å². The molecule has 146 valence electrons. The number of carboxylic acids is 1. The van der Waals surface area contributed by atoms with Crippen molar-refractivity contribution in [2.45, 2.75) is 32.9 Å². The van der Waals surface area contributed by atoms with E-state index in [2.05, 4.69) is 10.6 Å². The molecule has 28 heavy (non-hydrogen) atoms. The van der Waals surface area contributed by atoms with Crippen molar-refractivity contribution in [3.8, 4) is 0 Å². The molecule has 0 aromatic heterocycles. The highest BCUT2D eigenvalue weighted by Gasteiger charge is 2.22. The number of carbonyl (C=O) groups is 3. The molecule has 0 saturated heterocycles. The van der Waals surface area contributed by atoms with Gasteiger partial charge < -0.3 is 20.6 Å². The van der Waals surface area contributed by atoms with Crippen molar-refractivity contribution < 1.29 is 19.5 Å². The molecular formula is C21H23N3O4. The lowest BCUT2D eigenvalue weighted by atomic mass is 9.97.